The quantitative estimate of drug-likeness (QED) is 0.871. The minimum Gasteiger partial charge on any atom is -0.487 e. The van der Waals surface area contributed by atoms with E-state index in [9.17, 15) is 0 Å². The Morgan fingerprint density at radius 2 is 1.95 bits per heavy atom. The van der Waals surface area contributed by atoms with Crippen LogP contribution in [0.25, 0.3) is 0 Å². The molecule has 0 unspecified atom stereocenters. The minimum absolute atomic E-state index is 0.486. The lowest BCUT2D eigenvalue weighted by Gasteiger charge is -2.14. The van der Waals surface area contributed by atoms with E-state index >= 15 is 0 Å². The van der Waals surface area contributed by atoms with Crippen LogP contribution in [0.4, 0.5) is 0 Å². The van der Waals surface area contributed by atoms with Gasteiger partial charge in [-0.2, -0.15) is 0 Å². The van der Waals surface area contributed by atoms with E-state index in [0.29, 0.717) is 28.9 Å². The van der Waals surface area contributed by atoms with Crippen LogP contribution in [0.5, 0.6) is 5.75 Å². The Balaban J connectivity index is 2.20. The predicted octanol–water partition coefficient (Wildman–Crippen LogP) is 4.60. The van der Waals surface area contributed by atoms with Crippen molar-refractivity contribution in [1.82, 2.24) is 5.32 Å². The Labute approximate surface area is 129 Å². The van der Waals surface area contributed by atoms with Gasteiger partial charge in [0.25, 0.3) is 0 Å². The lowest BCUT2D eigenvalue weighted by molar-refractivity contribution is 0.302. The van der Waals surface area contributed by atoms with Crippen molar-refractivity contribution in [3.8, 4) is 5.75 Å². The second kappa shape index (κ2) is 6.98. The van der Waals surface area contributed by atoms with Gasteiger partial charge in [-0.3, -0.25) is 0 Å². The van der Waals surface area contributed by atoms with Crippen molar-refractivity contribution in [2.45, 2.75) is 20.1 Å². The second-order valence-electron chi connectivity index (χ2n) is 4.68. The second-order valence-corrected chi connectivity index (χ2v) is 5.53. The summed E-state index contributed by atoms with van der Waals surface area (Å²) in [7, 11) is 1.87. The first kappa shape index (κ1) is 15.2. The molecule has 0 atom stereocenters. The summed E-state index contributed by atoms with van der Waals surface area (Å²) in [4.78, 5) is 0. The average Bonchev–Trinajstić information content (AvgIpc) is 2.38. The number of hydrogen-bond donors (Lipinski definition) is 1. The van der Waals surface area contributed by atoms with Gasteiger partial charge in [0.1, 0.15) is 12.4 Å². The van der Waals surface area contributed by atoms with Crippen molar-refractivity contribution in [3.05, 3.63) is 63.1 Å². The molecule has 0 heterocycles. The van der Waals surface area contributed by atoms with E-state index in [0.717, 1.165) is 11.1 Å². The molecule has 0 bridgehead atoms. The van der Waals surface area contributed by atoms with E-state index < -0.39 is 0 Å². The van der Waals surface area contributed by atoms with Crippen molar-refractivity contribution in [1.29, 1.82) is 0 Å². The number of hydrogen-bond acceptors (Lipinski definition) is 2. The van der Waals surface area contributed by atoms with Gasteiger partial charge in [0, 0.05) is 17.1 Å². The van der Waals surface area contributed by atoms with E-state index in [4.69, 9.17) is 27.9 Å². The molecule has 0 saturated heterocycles. The van der Waals surface area contributed by atoms with E-state index in [2.05, 4.69) is 24.4 Å². The Bertz CT molecular complexity index is 599. The summed E-state index contributed by atoms with van der Waals surface area (Å²) in [6.07, 6.45) is 0. The normalized spacial score (nSPS) is 10.6. The molecule has 1 N–H and O–H groups in total. The lowest BCUT2D eigenvalue weighted by Crippen LogP contribution is -2.08. The van der Waals surface area contributed by atoms with Gasteiger partial charge in [0.15, 0.2) is 0 Å². The SMILES string of the molecule is CNCc1cc(Cl)cc(Cl)c1OCc1cccc(C)c1. The summed E-state index contributed by atoms with van der Waals surface area (Å²) >= 11 is 12.3. The maximum Gasteiger partial charge on any atom is 0.142 e. The highest BCUT2D eigenvalue weighted by atomic mass is 35.5. The Kier molecular flexibility index (Phi) is 5.30. The van der Waals surface area contributed by atoms with Crippen molar-refractivity contribution >= 4 is 23.2 Å². The third-order valence-electron chi connectivity index (χ3n) is 2.92. The smallest absolute Gasteiger partial charge is 0.142 e. The largest absolute Gasteiger partial charge is 0.487 e. The van der Waals surface area contributed by atoms with Crippen LogP contribution < -0.4 is 10.1 Å². The number of aryl methyl sites for hydroxylation is 1. The van der Waals surface area contributed by atoms with E-state index in [1.165, 1.54) is 5.56 Å². The van der Waals surface area contributed by atoms with Crippen LogP contribution >= 0.6 is 23.2 Å². The number of halogens is 2. The highest BCUT2D eigenvalue weighted by Gasteiger charge is 2.10. The van der Waals surface area contributed by atoms with Gasteiger partial charge in [-0.1, -0.05) is 53.0 Å². The first-order valence-corrected chi connectivity index (χ1v) is 7.16. The van der Waals surface area contributed by atoms with Gasteiger partial charge in [0.2, 0.25) is 0 Å². The zero-order valence-electron chi connectivity index (χ0n) is 11.5. The molecule has 2 rings (SSSR count). The molecule has 2 nitrogen and oxygen atoms in total. The fraction of sp³-hybridized carbons (Fsp3) is 0.250. The summed E-state index contributed by atoms with van der Waals surface area (Å²) < 4.78 is 5.89. The monoisotopic (exact) mass is 309 g/mol. The van der Waals surface area contributed by atoms with Crippen molar-refractivity contribution in [2.24, 2.45) is 0 Å². The number of nitrogens with one attached hydrogen (secondary N) is 1. The van der Waals surface area contributed by atoms with Gasteiger partial charge in [-0.05, 0) is 31.7 Å². The number of ether oxygens (including phenoxy) is 1. The molecule has 0 aliphatic rings. The Hall–Kier alpha value is -1.22. The van der Waals surface area contributed by atoms with E-state index in [1.807, 2.05) is 25.2 Å². The molecule has 106 valence electrons. The molecule has 0 spiro atoms. The maximum absolute atomic E-state index is 6.23. The highest BCUT2D eigenvalue weighted by Crippen LogP contribution is 2.33. The molecule has 2 aromatic carbocycles. The van der Waals surface area contributed by atoms with Gasteiger partial charge >= 0.3 is 0 Å². The minimum atomic E-state index is 0.486. The standard InChI is InChI=1S/C16H17Cl2NO/c1-11-4-3-5-12(6-11)10-20-16-13(9-19-2)7-14(17)8-15(16)18/h3-8,19H,9-10H2,1-2H3. The molecular weight excluding hydrogens is 293 g/mol. The number of rotatable bonds is 5. The fourth-order valence-corrected chi connectivity index (χ4v) is 2.64. The van der Waals surface area contributed by atoms with Crippen molar-refractivity contribution < 1.29 is 4.74 Å². The Morgan fingerprint density at radius 1 is 1.15 bits per heavy atom. The maximum atomic E-state index is 6.23. The van der Waals surface area contributed by atoms with Crippen LogP contribution in [0, 0.1) is 6.92 Å². The van der Waals surface area contributed by atoms with Crippen LogP contribution in [-0.2, 0) is 13.2 Å². The molecule has 0 saturated carbocycles. The van der Waals surface area contributed by atoms with Crippen molar-refractivity contribution in [2.75, 3.05) is 7.05 Å². The molecule has 0 aromatic heterocycles. The van der Waals surface area contributed by atoms with E-state index in [1.54, 1.807) is 6.07 Å². The summed E-state index contributed by atoms with van der Waals surface area (Å²) in [5, 5.41) is 4.24. The molecule has 0 amide bonds. The lowest BCUT2D eigenvalue weighted by atomic mass is 10.1. The molecule has 0 fully saturated rings. The third kappa shape index (κ3) is 3.89. The van der Waals surface area contributed by atoms with E-state index in [-0.39, 0.29) is 0 Å². The molecule has 4 heteroatoms. The zero-order chi connectivity index (χ0) is 14.5. The van der Waals surface area contributed by atoms with Crippen LogP contribution in [0.3, 0.4) is 0 Å². The third-order valence-corrected chi connectivity index (χ3v) is 3.42. The summed E-state index contributed by atoms with van der Waals surface area (Å²) in [6.45, 7) is 3.20. The fourth-order valence-electron chi connectivity index (χ4n) is 2.05. The highest BCUT2D eigenvalue weighted by molar-refractivity contribution is 6.35. The van der Waals surface area contributed by atoms with Crippen LogP contribution in [0.2, 0.25) is 10.0 Å². The van der Waals surface area contributed by atoms with Gasteiger partial charge in [0.05, 0.1) is 5.02 Å². The van der Waals surface area contributed by atoms with Gasteiger partial charge < -0.3 is 10.1 Å². The van der Waals surface area contributed by atoms with Gasteiger partial charge in [-0.25, -0.2) is 0 Å². The van der Waals surface area contributed by atoms with Crippen LogP contribution in [0.1, 0.15) is 16.7 Å². The molecule has 0 radical (unpaired) electrons. The first-order chi connectivity index (χ1) is 9.60. The first-order valence-electron chi connectivity index (χ1n) is 6.41. The molecule has 20 heavy (non-hydrogen) atoms. The summed E-state index contributed by atoms with van der Waals surface area (Å²) in [5.41, 5.74) is 3.29. The van der Waals surface area contributed by atoms with Crippen LogP contribution in [-0.4, -0.2) is 7.05 Å². The van der Waals surface area contributed by atoms with Gasteiger partial charge in [-0.15, -0.1) is 0 Å². The predicted molar refractivity (Wildman–Crippen MR) is 84.7 cm³/mol. The van der Waals surface area contributed by atoms with Crippen molar-refractivity contribution in [3.63, 3.8) is 0 Å². The average molecular weight is 310 g/mol. The summed E-state index contributed by atoms with van der Waals surface area (Å²) in [5.74, 6) is 0.687. The zero-order valence-corrected chi connectivity index (χ0v) is 13.1. The molecule has 2 aromatic rings. The molecule has 0 aliphatic carbocycles. The number of benzene rings is 2. The molecular formula is C16H17Cl2NO. The van der Waals surface area contributed by atoms with Crippen LogP contribution in [0.15, 0.2) is 36.4 Å². The topological polar surface area (TPSA) is 21.3 Å². The Morgan fingerprint density at radius 3 is 2.65 bits per heavy atom. The molecule has 0 aliphatic heterocycles. The summed E-state index contributed by atoms with van der Waals surface area (Å²) in [6, 6.07) is 11.8.